The van der Waals surface area contributed by atoms with Crippen molar-refractivity contribution in [2.24, 2.45) is 5.92 Å². The van der Waals surface area contributed by atoms with E-state index >= 15 is 0 Å². The predicted molar refractivity (Wildman–Crippen MR) is 101 cm³/mol. The second-order valence-electron chi connectivity index (χ2n) is 7.55. The zero-order valence-electron chi connectivity index (χ0n) is 16.0. The van der Waals surface area contributed by atoms with Gasteiger partial charge >= 0.3 is 0 Å². The van der Waals surface area contributed by atoms with E-state index in [4.69, 9.17) is 14.5 Å². The molecule has 6 heteroatoms. The minimum atomic E-state index is -0.599. The van der Waals surface area contributed by atoms with Gasteiger partial charge in [0.25, 0.3) is 0 Å². The molecule has 4 unspecified atom stereocenters. The van der Waals surface area contributed by atoms with Crippen LogP contribution in [0.1, 0.15) is 43.9 Å². The van der Waals surface area contributed by atoms with E-state index in [9.17, 15) is 5.11 Å². The molecule has 2 aliphatic rings. The Balaban J connectivity index is 1.88. The normalized spacial score (nSPS) is 30.5. The Bertz CT molecular complexity index is 650. The number of hydrogen-bond donors (Lipinski definition) is 2. The zero-order chi connectivity index (χ0) is 18.4. The van der Waals surface area contributed by atoms with Gasteiger partial charge < -0.3 is 19.9 Å². The van der Waals surface area contributed by atoms with Gasteiger partial charge in [0, 0.05) is 12.5 Å². The molecule has 2 fully saturated rings. The van der Waals surface area contributed by atoms with Crippen LogP contribution in [0.2, 0.25) is 0 Å². The summed E-state index contributed by atoms with van der Waals surface area (Å²) in [7, 11) is 0. The highest BCUT2D eigenvalue weighted by molar-refractivity contribution is 7.98. The fourth-order valence-electron chi connectivity index (χ4n) is 4.13. The first kappa shape index (κ1) is 19.0. The van der Waals surface area contributed by atoms with Crippen molar-refractivity contribution in [3.8, 4) is 0 Å². The van der Waals surface area contributed by atoms with Gasteiger partial charge in [-0.2, -0.15) is 0 Å². The summed E-state index contributed by atoms with van der Waals surface area (Å²) in [5.41, 5.74) is 3.83. The van der Waals surface area contributed by atoms with Crippen molar-refractivity contribution >= 4 is 17.6 Å². The molecule has 3 rings (SSSR count). The molecule has 0 amide bonds. The number of fused-ring (bicyclic) bond motifs is 1. The molecule has 5 nitrogen and oxygen atoms in total. The topological polar surface area (TPSA) is 63.6 Å². The van der Waals surface area contributed by atoms with Crippen LogP contribution in [0, 0.1) is 19.8 Å². The molecule has 2 N–H and O–H groups in total. The minimum absolute atomic E-state index is 0.0581. The molecule has 1 aliphatic carbocycles. The predicted octanol–water partition coefficient (Wildman–Crippen LogP) is 3.30. The highest BCUT2D eigenvalue weighted by atomic mass is 32.2. The lowest BCUT2D eigenvalue weighted by Gasteiger charge is -2.25. The van der Waals surface area contributed by atoms with Crippen LogP contribution in [-0.2, 0) is 15.9 Å². The van der Waals surface area contributed by atoms with Crippen LogP contribution >= 0.6 is 11.8 Å². The first-order valence-electron chi connectivity index (χ1n) is 9.08. The molecule has 0 radical (unpaired) electrons. The van der Waals surface area contributed by atoms with Gasteiger partial charge in [0.2, 0.25) is 0 Å². The van der Waals surface area contributed by atoms with E-state index in [-0.39, 0.29) is 30.8 Å². The van der Waals surface area contributed by atoms with E-state index in [0.29, 0.717) is 0 Å². The number of hydrogen-bond acceptors (Lipinski definition) is 6. The number of aromatic nitrogens is 1. The minimum Gasteiger partial charge on any atom is -0.396 e. The number of rotatable bonds is 5. The monoisotopic (exact) mass is 366 g/mol. The third-order valence-corrected chi connectivity index (χ3v) is 6.25. The Morgan fingerprint density at radius 2 is 1.92 bits per heavy atom. The Kier molecular flexibility index (Phi) is 5.36. The summed E-state index contributed by atoms with van der Waals surface area (Å²) in [6.45, 7) is 10.5. The summed E-state index contributed by atoms with van der Waals surface area (Å²) in [6.07, 6.45) is 3.77. The van der Waals surface area contributed by atoms with Crippen LogP contribution in [0.15, 0.2) is 5.03 Å². The number of nitrogens with zero attached hydrogens (tertiary/aromatic N) is 1. The number of anilines is 1. The van der Waals surface area contributed by atoms with Crippen molar-refractivity contribution in [1.82, 2.24) is 4.98 Å². The molecule has 4 atom stereocenters. The van der Waals surface area contributed by atoms with Crippen LogP contribution in [0.3, 0.4) is 0 Å². The number of pyridine rings is 1. The summed E-state index contributed by atoms with van der Waals surface area (Å²) < 4.78 is 12.2. The van der Waals surface area contributed by atoms with Crippen molar-refractivity contribution < 1.29 is 14.6 Å². The third-order valence-electron chi connectivity index (χ3n) is 5.53. The molecule has 140 valence electrons. The molecule has 1 aliphatic heterocycles. The van der Waals surface area contributed by atoms with Crippen LogP contribution < -0.4 is 5.32 Å². The molecule has 2 heterocycles. The van der Waals surface area contributed by atoms with E-state index in [2.05, 4.69) is 32.3 Å². The lowest BCUT2D eigenvalue weighted by molar-refractivity contribution is -0.158. The van der Waals surface area contributed by atoms with Gasteiger partial charge in [-0.1, -0.05) is 6.92 Å². The molecule has 0 aromatic carbocycles. The standard InChI is InChI=1S/C19H30N2O3S/c1-7-13-10(2)11(3)17(21-18(13)25-6)20-14-8-12(9-22)15-16(14)24-19(4,5)23-15/h12,14-16,22H,7-9H2,1-6H3,(H,20,21). The first-order valence-corrected chi connectivity index (χ1v) is 10.3. The van der Waals surface area contributed by atoms with Gasteiger partial charge in [0.1, 0.15) is 16.9 Å². The number of thioether (sulfide) groups is 1. The van der Waals surface area contributed by atoms with Gasteiger partial charge in [-0.15, -0.1) is 11.8 Å². The second-order valence-corrected chi connectivity index (χ2v) is 8.34. The van der Waals surface area contributed by atoms with Crippen molar-refractivity contribution in [3.63, 3.8) is 0 Å². The molecule has 25 heavy (non-hydrogen) atoms. The number of aliphatic hydroxyl groups excluding tert-OH is 1. The Labute approximate surface area is 154 Å². The summed E-state index contributed by atoms with van der Waals surface area (Å²) in [4.78, 5) is 4.88. The maximum absolute atomic E-state index is 9.73. The zero-order valence-corrected chi connectivity index (χ0v) is 16.9. The van der Waals surface area contributed by atoms with Gasteiger partial charge in [0.15, 0.2) is 5.79 Å². The molecule has 0 spiro atoms. The van der Waals surface area contributed by atoms with E-state index < -0.39 is 5.79 Å². The molecular formula is C19H30N2O3S. The maximum Gasteiger partial charge on any atom is 0.163 e. The summed E-state index contributed by atoms with van der Waals surface area (Å²) in [6, 6.07) is 0.0942. The average molecular weight is 367 g/mol. The van der Waals surface area contributed by atoms with Crippen molar-refractivity contribution in [1.29, 1.82) is 0 Å². The van der Waals surface area contributed by atoms with E-state index in [0.717, 1.165) is 23.7 Å². The lowest BCUT2D eigenvalue weighted by Crippen LogP contribution is -2.35. The lowest BCUT2D eigenvalue weighted by atomic mass is 10.0. The van der Waals surface area contributed by atoms with Crippen LogP contribution in [0.25, 0.3) is 0 Å². The third kappa shape index (κ3) is 3.42. The van der Waals surface area contributed by atoms with Crippen molar-refractivity contribution in [2.75, 3.05) is 18.2 Å². The highest BCUT2D eigenvalue weighted by Crippen LogP contribution is 2.43. The maximum atomic E-state index is 9.73. The molecule has 1 aromatic heterocycles. The molecule has 0 bridgehead atoms. The molecule has 1 aromatic rings. The fraction of sp³-hybridized carbons (Fsp3) is 0.737. The smallest absolute Gasteiger partial charge is 0.163 e. The van der Waals surface area contributed by atoms with E-state index in [1.165, 1.54) is 16.7 Å². The fourth-order valence-corrected chi connectivity index (χ4v) is 4.85. The van der Waals surface area contributed by atoms with Crippen LogP contribution in [0.5, 0.6) is 0 Å². The van der Waals surface area contributed by atoms with E-state index in [1.807, 2.05) is 13.8 Å². The number of nitrogens with one attached hydrogen (secondary N) is 1. The average Bonchev–Trinajstić information content (AvgIpc) is 3.05. The summed E-state index contributed by atoms with van der Waals surface area (Å²) in [5.74, 6) is 0.424. The second kappa shape index (κ2) is 7.06. The quantitative estimate of drug-likeness (QED) is 0.780. The summed E-state index contributed by atoms with van der Waals surface area (Å²) >= 11 is 1.69. The van der Waals surface area contributed by atoms with Crippen molar-refractivity contribution in [2.45, 2.75) is 76.5 Å². The van der Waals surface area contributed by atoms with Gasteiger partial charge in [-0.25, -0.2) is 4.98 Å². The van der Waals surface area contributed by atoms with E-state index in [1.54, 1.807) is 11.8 Å². The Hall–Kier alpha value is -0.820. The van der Waals surface area contributed by atoms with Crippen molar-refractivity contribution in [3.05, 3.63) is 16.7 Å². The molecule has 1 saturated carbocycles. The first-order chi connectivity index (χ1) is 11.8. The highest BCUT2D eigenvalue weighted by Gasteiger charge is 2.53. The number of ether oxygens (including phenoxy) is 2. The van der Waals surface area contributed by atoms with Crippen LogP contribution in [0.4, 0.5) is 5.82 Å². The Morgan fingerprint density at radius 1 is 1.24 bits per heavy atom. The molecule has 1 saturated heterocycles. The summed E-state index contributed by atoms with van der Waals surface area (Å²) in [5, 5.41) is 14.4. The number of aliphatic hydroxyl groups is 1. The Morgan fingerprint density at radius 3 is 2.52 bits per heavy atom. The molecular weight excluding hydrogens is 336 g/mol. The van der Waals surface area contributed by atoms with Gasteiger partial charge in [-0.3, -0.25) is 0 Å². The van der Waals surface area contributed by atoms with Gasteiger partial charge in [-0.05, 0) is 63.5 Å². The van der Waals surface area contributed by atoms with Gasteiger partial charge in [0.05, 0.1) is 12.1 Å². The van der Waals surface area contributed by atoms with Crippen LogP contribution in [-0.4, -0.2) is 47.0 Å². The SMILES string of the molecule is CCc1c(SC)nc(NC2CC(CO)C3OC(C)(C)OC23)c(C)c1C. The largest absolute Gasteiger partial charge is 0.396 e.